The lowest BCUT2D eigenvalue weighted by molar-refractivity contribution is 1.10. The summed E-state index contributed by atoms with van der Waals surface area (Å²) in [5.41, 5.74) is 16.5. The van der Waals surface area contributed by atoms with Gasteiger partial charge in [-0.2, -0.15) is 0 Å². The smallest absolute Gasteiger partial charge is 0.382 e. The number of para-hydroxylation sites is 6. The zero-order valence-corrected chi connectivity index (χ0v) is 43.6. The van der Waals surface area contributed by atoms with Gasteiger partial charge in [0.15, 0.2) is 0 Å². The quantitative estimate of drug-likeness (QED) is 0.129. The normalized spacial score (nSPS) is 13.7. The van der Waals surface area contributed by atoms with Gasteiger partial charge >= 0.3 is 21.4 Å². The number of anilines is 9. The molecule has 7 heterocycles. The molecule has 0 amide bonds. The molecule has 15 heteroatoms. The minimum atomic E-state index is -0.608. The van der Waals surface area contributed by atoms with Gasteiger partial charge in [-0.25, -0.2) is 29.9 Å². The molecule has 16 rings (SSSR count). The predicted molar refractivity (Wildman–Crippen MR) is 329 cm³/mol. The molecule has 12 nitrogen and oxygen atoms in total. The molecule has 0 atom stereocenters. The van der Waals surface area contributed by atoms with Gasteiger partial charge in [0.25, 0.3) is 0 Å². The Morgan fingerprint density at radius 2 is 0.370 bits per heavy atom. The molecule has 0 aliphatic carbocycles. The van der Waals surface area contributed by atoms with E-state index in [1.54, 1.807) is 0 Å². The average Bonchev–Trinajstić information content (AvgIpc) is 4.39. The third-order valence-corrected chi connectivity index (χ3v) is 15.7. The topological polar surface area (TPSA) is 96.8 Å². The Hall–Kier alpha value is -10.8. The van der Waals surface area contributed by atoms with Gasteiger partial charge in [0.2, 0.25) is 17.8 Å². The van der Waals surface area contributed by atoms with E-state index in [9.17, 15) is 0 Å². The van der Waals surface area contributed by atoms with Gasteiger partial charge in [-0.1, -0.05) is 218 Å². The molecule has 0 radical (unpaired) electrons. The van der Waals surface area contributed by atoms with Crippen molar-refractivity contribution >= 4 is 73.3 Å². The maximum atomic E-state index is 5.60. The van der Waals surface area contributed by atoms with Crippen molar-refractivity contribution in [2.45, 2.75) is 0 Å². The zero-order chi connectivity index (χ0) is 53.4. The van der Waals surface area contributed by atoms with Crippen LogP contribution in [0.2, 0.25) is 0 Å². The molecule has 12 aromatic rings. The fourth-order valence-electron chi connectivity index (χ4n) is 12.1. The highest BCUT2D eigenvalue weighted by Crippen LogP contribution is 2.57. The van der Waals surface area contributed by atoms with Gasteiger partial charge in [0, 0.05) is 50.4 Å². The van der Waals surface area contributed by atoms with Gasteiger partial charge in [0.1, 0.15) is 0 Å². The van der Waals surface area contributed by atoms with Crippen LogP contribution in [0.3, 0.4) is 0 Å². The van der Waals surface area contributed by atoms with Gasteiger partial charge in [0.05, 0.1) is 51.2 Å². The van der Waals surface area contributed by atoms with Gasteiger partial charge in [-0.05, 0) is 54.6 Å². The molecule has 9 aromatic carbocycles. The van der Waals surface area contributed by atoms with Crippen LogP contribution < -0.4 is 28.6 Å². The Labute approximate surface area is 470 Å². The maximum absolute atomic E-state index is 5.60. The SMILES string of the molecule is c1ccc(-c2cc(-c3ccccc3)nc(N3B4N(B5N(B6N4c4ccccc4N6c4nc(-c6ccccc6)cc(-c6ccccc6)n4)c4ccccc4N5c4nc(-c5ccccc5)cc(-c5ccccc5)n4)c4ccccc43)n2)cc1. The highest BCUT2D eigenvalue weighted by atomic mass is 15.6. The summed E-state index contributed by atoms with van der Waals surface area (Å²) in [6.45, 7) is 0. The third-order valence-electron chi connectivity index (χ3n) is 15.7. The lowest BCUT2D eigenvalue weighted by Crippen LogP contribution is -2.84. The number of fused-ring (bicyclic) bond motifs is 12. The molecule has 4 aliphatic rings. The van der Waals surface area contributed by atoms with Crippen molar-refractivity contribution in [2.75, 3.05) is 28.6 Å². The highest BCUT2D eigenvalue weighted by molar-refractivity contribution is 7.11. The minimum Gasteiger partial charge on any atom is -0.382 e. The second kappa shape index (κ2) is 19.0. The fourth-order valence-corrected chi connectivity index (χ4v) is 12.1. The van der Waals surface area contributed by atoms with Crippen LogP contribution in [0.25, 0.3) is 67.5 Å². The second-order valence-electron chi connectivity index (χ2n) is 20.3. The first-order valence-corrected chi connectivity index (χ1v) is 27.2. The number of aromatic nitrogens is 6. The van der Waals surface area contributed by atoms with E-state index in [-0.39, 0.29) is 0 Å². The molecule has 1 fully saturated rings. The van der Waals surface area contributed by atoms with Crippen LogP contribution in [0.15, 0.2) is 273 Å². The van der Waals surface area contributed by atoms with Crippen LogP contribution in [-0.4, -0.2) is 51.3 Å². The first-order chi connectivity index (χ1) is 40.2. The van der Waals surface area contributed by atoms with Crippen LogP contribution in [0.1, 0.15) is 0 Å². The van der Waals surface area contributed by atoms with Crippen LogP contribution >= 0.6 is 0 Å². The van der Waals surface area contributed by atoms with Crippen molar-refractivity contribution in [1.29, 1.82) is 0 Å². The molecule has 0 N–H and O–H groups in total. The standard InChI is InChI=1S/C66H45B3N12/c1-7-25-46(26-8-1)52-43-53(47-27-9-2-10-28-47)71-64(70-52)76-58-37-19-22-40-61(58)79-67(76)80-62-41-23-20-38-59(62)77(65-72-54(48-29-11-3-12-30-48)44-55(73-65)49-31-13-4-14-32-49)69(80)81-63-42-24-21-39-60(63)78(68(79)81)66-74-56(50-33-15-5-16-34-50)45-57(75-66)51-35-17-6-18-36-51/h1-45H. The summed E-state index contributed by atoms with van der Waals surface area (Å²) in [5, 5.41) is 0. The van der Waals surface area contributed by atoms with Crippen molar-refractivity contribution in [1.82, 2.24) is 29.9 Å². The van der Waals surface area contributed by atoms with Crippen molar-refractivity contribution in [3.05, 3.63) is 273 Å². The van der Waals surface area contributed by atoms with Crippen LogP contribution in [0.4, 0.5) is 52.0 Å². The largest absolute Gasteiger partial charge is 0.492 e. The van der Waals surface area contributed by atoms with Crippen LogP contribution in [0.5, 0.6) is 0 Å². The summed E-state index contributed by atoms with van der Waals surface area (Å²) in [7, 11) is -1.82. The molecular formula is C66H45B3N12. The molecule has 81 heavy (non-hydrogen) atoms. The molecule has 3 aromatic heterocycles. The Morgan fingerprint density at radius 1 is 0.198 bits per heavy atom. The first-order valence-electron chi connectivity index (χ1n) is 27.2. The lowest BCUT2D eigenvalue weighted by Gasteiger charge is -2.50. The molecule has 0 bridgehead atoms. The maximum Gasteiger partial charge on any atom is 0.492 e. The Bertz CT molecular complexity index is 3700. The van der Waals surface area contributed by atoms with Crippen molar-refractivity contribution < 1.29 is 0 Å². The average molecular weight is 1040 g/mol. The van der Waals surface area contributed by atoms with E-state index in [1.165, 1.54) is 0 Å². The van der Waals surface area contributed by atoms with Gasteiger partial charge in [-0.3, -0.25) is 0 Å². The highest BCUT2D eigenvalue weighted by Gasteiger charge is 2.70. The van der Waals surface area contributed by atoms with E-state index in [0.717, 1.165) is 102 Å². The second-order valence-corrected chi connectivity index (χ2v) is 20.3. The number of hydrogen-bond donors (Lipinski definition) is 0. The summed E-state index contributed by atoms with van der Waals surface area (Å²) >= 11 is 0. The monoisotopic (exact) mass is 1040 g/mol. The summed E-state index contributed by atoms with van der Waals surface area (Å²) < 4.78 is 7.51. The molecule has 0 unspecified atom stereocenters. The van der Waals surface area contributed by atoms with Crippen LogP contribution in [-0.2, 0) is 0 Å². The van der Waals surface area contributed by atoms with E-state index in [1.807, 2.05) is 36.4 Å². The number of nitrogens with zero attached hydrogens (tertiary/aromatic N) is 12. The third kappa shape index (κ3) is 7.65. The zero-order valence-electron chi connectivity index (χ0n) is 43.6. The number of rotatable bonds is 9. The Morgan fingerprint density at radius 3 is 0.568 bits per heavy atom. The molecule has 0 spiro atoms. The van der Waals surface area contributed by atoms with Crippen molar-refractivity contribution in [3.63, 3.8) is 0 Å². The summed E-state index contributed by atoms with van der Waals surface area (Å²) in [6.07, 6.45) is 0. The fraction of sp³-hybridized carbons (Fsp3) is 0. The summed E-state index contributed by atoms with van der Waals surface area (Å²) in [4.78, 5) is 40.6. The lowest BCUT2D eigenvalue weighted by atomic mass is 9.56. The van der Waals surface area contributed by atoms with Crippen LogP contribution in [0, 0.1) is 0 Å². The number of hydrogen-bond acceptors (Lipinski definition) is 12. The Kier molecular flexibility index (Phi) is 10.9. The molecule has 0 saturated carbocycles. The van der Waals surface area contributed by atoms with E-state index >= 15 is 0 Å². The predicted octanol–water partition coefficient (Wildman–Crippen LogP) is 14.3. The summed E-state index contributed by atoms with van der Waals surface area (Å²) in [6, 6.07) is 94.6. The molecular weight excluding hydrogens is 993 g/mol. The van der Waals surface area contributed by atoms with E-state index < -0.39 is 21.4 Å². The number of benzene rings is 9. The molecule has 4 aliphatic heterocycles. The van der Waals surface area contributed by atoms with E-state index in [4.69, 9.17) is 29.9 Å². The van der Waals surface area contributed by atoms with Gasteiger partial charge in [-0.15, -0.1) is 0 Å². The molecule has 1 saturated heterocycles. The van der Waals surface area contributed by atoms with Crippen molar-refractivity contribution in [3.8, 4) is 67.5 Å². The minimum absolute atomic E-state index is 0.544. The van der Waals surface area contributed by atoms with Crippen molar-refractivity contribution in [2.24, 2.45) is 0 Å². The first kappa shape index (κ1) is 46.3. The Balaban J connectivity index is 0.985. The van der Waals surface area contributed by atoms with E-state index in [2.05, 4.69) is 265 Å². The van der Waals surface area contributed by atoms with E-state index in [0.29, 0.717) is 17.8 Å². The summed E-state index contributed by atoms with van der Waals surface area (Å²) in [5.74, 6) is 1.63. The van der Waals surface area contributed by atoms with Gasteiger partial charge < -0.3 is 28.6 Å². The molecule has 378 valence electrons.